The van der Waals surface area contributed by atoms with Crippen molar-refractivity contribution in [1.29, 1.82) is 0 Å². The van der Waals surface area contributed by atoms with E-state index in [-0.39, 0.29) is 8.31 Å². The van der Waals surface area contributed by atoms with Crippen molar-refractivity contribution in [3.05, 3.63) is 0 Å². The molecule has 0 radical (unpaired) electrons. The Morgan fingerprint density at radius 2 is 1.67 bits per heavy atom. The average Bonchev–Trinajstić information content (AvgIpc) is 2.01. The normalized spacial score (nSPS) is 12.5. The van der Waals surface area contributed by atoms with Crippen LogP contribution < -0.4 is 0 Å². The zero-order valence-corrected chi connectivity index (χ0v) is 11.5. The van der Waals surface area contributed by atoms with E-state index in [0.717, 1.165) is 0 Å². The highest BCUT2D eigenvalue weighted by atomic mass is 29.2. The summed E-state index contributed by atoms with van der Waals surface area (Å²) in [5, 5.41) is 0. The molecule has 0 aromatic heterocycles. The van der Waals surface area contributed by atoms with E-state index in [1.807, 2.05) is 0 Å². The van der Waals surface area contributed by atoms with E-state index in [4.69, 9.17) is 0 Å². The van der Waals surface area contributed by atoms with Gasteiger partial charge in [-0.05, 0) is 0 Å². The lowest BCUT2D eigenvalue weighted by Crippen LogP contribution is -2.43. The SMILES string of the molecule is CCCC[Si](C)(C)[Si-](C)CCC. The van der Waals surface area contributed by atoms with Gasteiger partial charge in [-0.3, -0.25) is 8.31 Å². The van der Waals surface area contributed by atoms with E-state index in [2.05, 4.69) is 33.5 Å². The fraction of sp³-hybridized carbons (Fsp3) is 1.00. The van der Waals surface area contributed by atoms with Gasteiger partial charge in [0.1, 0.15) is 0 Å². The van der Waals surface area contributed by atoms with Crippen LogP contribution in [0.15, 0.2) is 0 Å². The molecule has 12 heavy (non-hydrogen) atoms. The molecule has 0 N–H and O–H groups in total. The highest BCUT2D eigenvalue weighted by molar-refractivity contribution is 7.31. The van der Waals surface area contributed by atoms with Gasteiger partial charge in [0.05, 0.1) is 0 Å². The van der Waals surface area contributed by atoms with Gasteiger partial charge in [0.15, 0.2) is 0 Å². The molecule has 0 bridgehead atoms. The molecule has 0 aromatic carbocycles. The van der Waals surface area contributed by atoms with Crippen LogP contribution >= 0.6 is 0 Å². The summed E-state index contributed by atoms with van der Waals surface area (Å²) in [6.45, 7) is 12.4. The quantitative estimate of drug-likeness (QED) is 0.568. The van der Waals surface area contributed by atoms with E-state index in [0.29, 0.717) is 0 Å². The lowest BCUT2D eigenvalue weighted by molar-refractivity contribution is 0.871. The van der Waals surface area contributed by atoms with Gasteiger partial charge >= 0.3 is 0 Å². The van der Waals surface area contributed by atoms with Gasteiger partial charge in [0.25, 0.3) is 0 Å². The summed E-state index contributed by atoms with van der Waals surface area (Å²) in [5.41, 5.74) is 0. The van der Waals surface area contributed by atoms with Crippen LogP contribution in [-0.2, 0) is 0 Å². The van der Waals surface area contributed by atoms with E-state index < -0.39 is 7.59 Å². The molecule has 0 aliphatic heterocycles. The number of rotatable bonds is 6. The first-order valence-electron chi connectivity index (χ1n) is 5.37. The summed E-state index contributed by atoms with van der Waals surface area (Å²) in [7, 11) is -0.697. The summed E-state index contributed by atoms with van der Waals surface area (Å²) < 4.78 is 0. The predicted molar refractivity (Wildman–Crippen MR) is 63.9 cm³/mol. The van der Waals surface area contributed by atoms with Crippen LogP contribution in [0.25, 0.3) is 0 Å². The van der Waals surface area contributed by atoms with Crippen molar-refractivity contribution in [2.45, 2.75) is 64.8 Å². The van der Waals surface area contributed by atoms with Gasteiger partial charge in [-0.25, -0.2) is 0 Å². The van der Waals surface area contributed by atoms with Crippen LogP contribution in [0, 0.1) is 0 Å². The molecule has 0 amide bonds. The van der Waals surface area contributed by atoms with Crippen LogP contribution in [0.3, 0.4) is 0 Å². The average molecular weight is 201 g/mol. The first-order valence-corrected chi connectivity index (χ1v) is 11.8. The van der Waals surface area contributed by atoms with Crippen LogP contribution in [0.5, 0.6) is 0 Å². The molecule has 0 nitrogen and oxygen atoms in total. The molecule has 0 unspecified atom stereocenters. The highest BCUT2D eigenvalue weighted by Gasteiger charge is 2.14. The van der Waals surface area contributed by atoms with Gasteiger partial charge in [-0.2, -0.15) is 12.6 Å². The maximum atomic E-state index is 2.60. The largest absolute Gasteiger partial charge is 0.260 e. The summed E-state index contributed by atoms with van der Waals surface area (Å²) in [6.07, 6.45) is 4.27. The number of hydrogen-bond donors (Lipinski definition) is 0. The molecule has 0 atom stereocenters. The lowest BCUT2D eigenvalue weighted by Gasteiger charge is -2.42. The molecule has 0 saturated carbocycles. The van der Waals surface area contributed by atoms with Crippen LogP contribution in [0.1, 0.15) is 33.1 Å². The van der Waals surface area contributed by atoms with Gasteiger partial charge in [-0.1, -0.05) is 52.2 Å². The highest BCUT2D eigenvalue weighted by Crippen LogP contribution is 2.20. The third kappa shape index (κ3) is 4.46. The number of hydrogen-bond acceptors (Lipinski definition) is 0. The van der Waals surface area contributed by atoms with Crippen LogP contribution in [0.4, 0.5) is 0 Å². The van der Waals surface area contributed by atoms with Gasteiger partial charge in [0, 0.05) is 0 Å². The summed E-state index contributed by atoms with van der Waals surface area (Å²) in [4.78, 5) is 0. The zero-order valence-electron chi connectivity index (χ0n) is 9.54. The van der Waals surface area contributed by atoms with Crippen molar-refractivity contribution in [2.24, 2.45) is 0 Å². The lowest BCUT2D eigenvalue weighted by atomic mass is 10.4. The van der Waals surface area contributed by atoms with Crippen molar-refractivity contribution in [1.82, 2.24) is 0 Å². The predicted octanol–water partition coefficient (Wildman–Crippen LogP) is 4.11. The Balaban J connectivity index is 3.81. The molecule has 0 heterocycles. The molecule has 2 heteroatoms. The monoisotopic (exact) mass is 201 g/mol. The fourth-order valence-corrected chi connectivity index (χ4v) is 9.23. The van der Waals surface area contributed by atoms with Crippen molar-refractivity contribution in [3.63, 3.8) is 0 Å². The Morgan fingerprint density at radius 3 is 2.08 bits per heavy atom. The fourth-order valence-electron chi connectivity index (χ4n) is 1.55. The Bertz CT molecular complexity index is 110. The molecule has 0 aromatic rings. The maximum Gasteiger partial charge on any atom is -0.0565 e. The van der Waals surface area contributed by atoms with Gasteiger partial charge < -0.3 is 0 Å². The summed E-state index contributed by atoms with van der Waals surface area (Å²) in [6, 6.07) is 3.13. The Morgan fingerprint density at radius 1 is 1.08 bits per heavy atom. The third-order valence-corrected chi connectivity index (χ3v) is 16.5. The zero-order chi connectivity index (χ0) is 9.61. The van der Waals surface area contributed by atoms with Crippen LogP contribution in [-0.4, -0.2) is 15.9 Å². The van der Waals surface area contributed by atoms with Crippen molar-refractivity contribution in [3.8, 4) is 0 Å². The molecule has 0 fully saturated rings. The molecule has 0 aliphatic carbocycles. The molecule has 0 aliphatic rings. The van der Waals surface area contributed by atoms with E-state index in [1.54, 1.807) is 12.1 Å². The second-order valence-corrected chi connectivity index (χ2v) is 17.5. The molecular weight excluding hydrogens is 176 g/mol. The Kier molecular flexibility index (Phi) is 6.19. The van der Waals surface area contributed by atoms with Crippen LogP contribution in [0.2, 0.25) is 31.7 Å². The minimum atomic E-state index is -0.747. The van der Waals surface area contributed by atoms with Crippen molar-refractivity contribution < 1.29 is 0 Å². The first kappa shape index (κ1) is 12.4. The molecule has 0 spiro atoms. The molecule has 0 saturated heterocycles. The van der Waals surface area contributed by atoms with Gasteiger partial charge in [0.2, 0.25) is 0 Å². The minimum Gasteiger partial charge on any atom is -0.260 e. The molecule has 74 valence electrons. The second-order valence-electron chi connectivity index (χ2n) is 4.52. The molecule has 0 rings (SSSR count). The van der Waals surface area contributed by atoms with E-state index in [9.17, 15) is 0 Å². The van der Waals surface area contributed by atoms with Gasteiger partial charge in [-0.15, -0.1) is 7.59 Å². The molecular formula is C10H25Si2-. The van der Waals surface area contributed by atoms with E-state index >= 15 is 0 Å². The number of unbranched alkanes of at least 4 members (excludes halogenated alkanes) is 1. The van der Waals surface area contributed by atoms with Crippen molar-refractivity contribution >= 4 is 15.9 Å². The Hall–Kier alpha value is 0.434. The van der Waals surface area contributed by atoms with E-state index in [1.165, 1.54) is 19.3 Å². The smallest absolute Gasteiger partial charge is 0.0565 e. The topological polar surface area (TPSA) is 0 Å². The first-order chi connectivity index (χ1) is 5.54. The standard InChI is InChI=1S/C10H25Si2/c1-6-8-10-12(4,5)11(3)9-7-2/h6-10H2,1-5H3/q-1. The Labute approximate surface area is 81.2 Å². The maximum absolute atomic E-state index is 2.60. The minimum absolute atomic E-state index is 0.0497. The second kappa shape index (κ2) is 5.97. The van der Waals surface area contributed by atoms with Crippen molar-refractivity contribution in [2.75, 3.05) is 0 Å². The summed E-state index contributed by atoms with van der Waals surface area (Å²) >= 11 is 0. The third-order valence-electron chi connectivity index (χ3n) is 2.94. The summed E-state index contributed by atoms with van der Waals surface area (Å²) in [5.74, 6) is 0.